The molecule has 0 radical (unpaired) electrons. The van der Waals surface area contributed by atoms with Crippen LogP contribution >= 0.6 is 0 Å². The minimum Gasteiger partial charge on any atom is -0.404 e. The Labute approximate surface area is 225 Å². The molecule has 0 aliphatic carbocycles. The van der Waals surface area contributed by atoms with Gasteiger partial charge in [-0.15, -0.1) is 0 Å². The first-order valence-electron chi connectivity index (χ1n) is 12.6. The molecule has 0 saturated carbocycles. The largest absolute Gasteiger partial charge is 0.404 e. The van der Waals surface area contributed by atoms with Crippen LogP contribution in [0, 0.1) is 5.82 Å². The predicted molar refractivity (Wildman–Crippen MR) is 145 cm³/mol. The number of likely N-dealkylation sites (tertiary alicyclic amines) is 1. The normalized spacial score (nSPS) is 17.8. The molecule has 0 bridgehead atoms. The van der Waals surface area contributed by atoms with Gasteiger partial charge in [-0.2, -0.15) is 0 Å². The maximum atomic E-state index is 15.1. The van der Waals surface area contributed by atoms with E-state index in [0.717, 1.165) is 36.9 Å². The van der Waals surface area contributed by atoms with Crippen LogP contribution in [0.3, 0.4) is 0 Å². The van der Waals surface area contributed by atoms with Crippen molar-refractivity contribution in [2.75, 3.05) is 40.3 Å². The summed E-state index contributed by atoms with van der Waals surface area (Å²) in [6.45, 7) is 3.27. The lowest BCUT2D eigenvalue weighted by molar-refractivity contribution is -0.129. The van der Waals surface area contributed by atoms with Gasteiger partial charge in [0.1, 0.15) is 17.3 Å². The Morgan fingerprint density at radius 2 is 1.87 bits per heavy atom. The Bertz CT molecular complexity index is 1200. The van der Waals surface area contributed by atoms with Gasteiger partial charge in [0.25, 0.3) is 6.43 Å². The zero-order valence-corrected chi connectivity index (χ0v) is 22.3. The van der Waals surface area contributed by atoms with Crippen LogP contribution in [-0.4, -0.2) is 80.1 Å². The summed E-state index contributed by atoms with van der Waals surface area (Å²) in [4.78, 5) is 35.3. The standard InChI is InChI=1S/C26H35F3N8O2/c1-15(38)36-7-4-17(5-8-36)34-22-6-9-37(26(39)33-3)14-20(22)25(31)35-23-11-19(24(28)29)18(10-21(23)27)16(12-30)13-32-2/h10-13,17,24,34H,4-9,14,30H2,1-3H3,(H2,31,35)(H,33,39). The van der Waals surface area contributed by atoms with E-state index in [4.69, 9.17) is 11.5 Å². The van der Waals surface area contributed by atoms with Crippen molar-refractivity contribution in [3.63, 3.8) is 0 Å². The first-order chi connectivity index (χ1) is 18.6. The molecule has 2 heterocycles. The summed E-state index contributed by atoms with van der Waals surface area (Å²) in [6, 6.07) is 1.62. The number of nitrogens with one attached hydrogen (secondary N) is 2. The molecule has 212 valence electrons. The zero-order chi connectivity index (χ0) is 28.7. The molecule has 1 saturated heterocycles. The monoisotopic (exact) mass is 548 g/mol. The number of urea groups is 1. The SMILES string of the molecule is CN=CC(=CN)c1cc(F)c(N=C(N)C2=C(NC3CCN(C(C)=O)CC3)CCN(C(=O)NC)C2)cc1C(F)F. The van der Waals surface area contributed by atoms with Gasteiger partial charge in [-0.1, -0.05) is 0 Å². The number of carbonyl (C=O) groups is 2. The van der Waals surface area contributed by atoms with Gasteiger partial charge < -0.3 is 31.9 Å². The third kappa shape index (κ3) is 7.09. The van der Waals surface area contributed by atoms with Crippen LogP contribution in [-0.2, 0) is 4.79 Å². The summed E-state index contributed by atoms with van der Waals surface area (Å²) >= 11 is 0. The predicted octanol–water partition coefficient (Wildman–Crippen LogP) is 2.65. The van der Waals surface area contributed by atoms with Crippen molar-refractivity contribution in [2.45, 2.75) is 38.7 Å². The molecule has 1 aromatic carbocycles. The summed E-state index contributed by atoms with van der Waals surface area (Å²) in [5.41, 5.74) is 12.3. The molecule has 0 atom stereocenters. The summed E-state index contributed by atoms with van der Waals surface area (Å²) in [6.07, 6.45) is 1.28. The Morgan fingerprint density at radius 3 is 2.44 bits per heavy atom. The minimum atomic E-state index is -2.94. The maximum Gasteiger partial charge on any atom is 0.317 e. The van der Waals surface area contributed by atoms with Gasteiger partial charge in [-0.3, -0.25) is 9.79 Å². The van der Waals surface area contributed by atoms with E-state index in [2.05, 4.69) is 20.6 Å². The molecule has 10 nitrogen and oxygen atoms in total. The third-order valence-corrected chi connectivity index (χ3v) is 6.83. The highest BCUT2D eigenvalue weighted by atomic mass is 19.3. The molecule has 13 heteroatoms. The van der Waals surface area contributed by atoms with E-state index in [1.54, 1.807) is 4.90 Å². The quantitative estimate of drug-likeness (QED) is 0.306. The van der Waals surface area contributed by atoms with Crippen molar-refractivity contribution >= 4 is 35.2 Å². The number of amides is 3. The lowest BCUT2D eigenvalue weighted by Gasteiger charge is -2.36. The second-order valence-electron chi connectivity index (χ2n) is 9.31. The fourth-order valence-electron chi connectivity index (χ4n) is 4.71. The van der Waals surface area contributed by atoms with E-state index < -0.39 is 17.8 Å². The summed E-state index contributed by atoms with van der Waals surface area (Å²) in [5.74, 6) is -0.938. The van der Waals surface area contributed by atoms with Crippen molar-refractivity contribution in [3.05, 3.63) is 46.5 Å². The second-order valence-corrected chi connectivity index (χ2v) is 9.31. The molecule has 0 spiro atoms. The van der Waals surface area contributed by atoms with E-state index in [1.165, 1.54) is 32.1 Å². The van der Waals surface area contributed by atoms with Crippen LogP contribution in [0.5, 0.6) is 0 Å². The molecule has 2 aliphatic rings. The molecule has 6 N–H and O–H groups in total. The lowest BCUT2D eigenvalue weighted by atomic mass is 9.99. The van der Waals surface area contributed by atoms with Crippen LogP contribution in [0.2, 0.25) is 0 Å². The first kappa shape index (κ1) is 29.5. The topological polar surface area (TPSA) is 141 Å². The van der Waals surface area contributed by atoms with Crippen molar-refractivity contribution in [2.24, 2.45) is 21.5 Å². The molecule has 0 unspecified atom stereocenters. The Morgan fingerprint density at radius 1 is 1.18 bits per heavy atom. The van der Waals surface area contributed by atoms with E-state index in [1.807, 2.05) is 0 Å². The Hall–Kier alpha value is -4.03. The van der Waals surface area contributed by atoms with Crippen LogP contribution in [0.15, 0.2) is 39.6 Å². The van der Waals surface area contributed by atoms with Gasteiger partial charge in [-0.05, 0) is 30.5 Å². The number of nitrogens with zero attached hydrogens (tertiary/aromatic N) is 4. The lowest BCUT2D eigenvalue weighted by Crippen LogP contribution is -2.48. The summed E-state index contributed by atoms with van der Waals surface area (Å²) < 4.78 is 43.0. The molecular formula is C26H35F3N8O2. The molecule has 39 heavy (non-hydrogen) atoms. The first-order valence-corrected chi connectivity index (χ1v) is 12.6. The zero-order valence-electron chi connectivity index (χ0n) is 22.3. The maximum absolute atomic E-state index is 15.1. The van der Waals surface area contributed by atoms with E-state index in [0.29, 0.717) is 31.6 Å². The fourth-order valence-corrected chi connectivity index (χ4v) is 4.71. The van der Waals surface area contributed by atoms with E-state index >= 15 is 4.39 Å². The molecular weight excluding hydrogens is 513 g/mol. The number of carbonyl (C=O) groups excluding carboxylic acids is 2. The van der Waals surface area contributed by atoms with Gasteiger partial charge in [0, 0.05) is 87.9 Å². The van der Waals surface area contributed by atoms with Crippen molar-refractivity contribution in [1.29, 1.82) is 0 Å². The van der Waals surface area contributed by atoms with Gasteiger partial charge in [0.15, 0.2) is 0 Å². The molecule has 2 aliphatic heterocycles. The van der Waals surface area contributed by atoms with Gasteiger partial charge in [0.2, 0.25) is 5.91 Å². The van der Waals surface area contributed by atoms with Crippen LogP contribution in [0.25, 0.3) is 5.57 Å². The number of piperidine rings is 1. The van der Waals surface area contributed by atoms with E-state index in [9.17, 15) is 18.4 Å². The minimum absolute atomic E-state index is 0.0240. The van der Waals surface area contributed by atoms with Gasteiger partial charge in [0.05, 0.1) is 6.54 Å². The average Bonchev–Trinajstić information content (AvgIpc) is 2.92. The van der Waals surface area contributed by atoms with Crippen LogP contribution in [0.1, 0.15) is 43.7 Å². The number of nitrogens with two attached hydrogens (primary N) is 2. The van der Waals surface area contributed by atoms with E-state index in [-0.39, 0.29) is 47.2 Å². The number of rotatable bonds is 7. The number of hydrogen-bond donors (Lipinski definition) is 4. The highest BCUT2D eigenvalue weighted by molar-refractivity contribution is 6.10. The number of allylic oxidation sites excluding steroid dienone is 1. The smallest absolute Gasteiger partial charge is 0.317 e. The average molecular weight is 549 g/mol. The van der Waals surface area contributed by atoms with Gasteiger partial charge >= 0.3 is 6.03 Å². The summed E-state index contributed by atoms with van der Waals surface area (Å²) in [7, 11) is 2.95. The Balaban J connectivity index is 1.99. The second kappa shape index (κ2) is 13.2. The number of benzene rings is 1. The van der Waals surface area contributed by atoms with Crippen LogP contribution < -0.4 is 22.1 Å². The summed E-state index contributed by atoms with van der Waals surface area (Å²) in [5, 5.41) is 6.05. The molecule has 3 amide bonds. The highest BCUT2D eigenvalue weighted by Crippen LogP contribution is 2.33. The molecule has 1 fully saturated rings. The van der Waals surface area contributed by atoms with Crippen molar-refractivity contribution in [1.82, 2.24) is 20.4 Å². The number of alkyl halides is 2. The third-order valence-electron chi connectivity index (χ3n) is 6.83. The number of amidine groups is 1. The fraction of sp³-hybridized carbons (Fsp3) is 0.462. The Kier molecular flexibility index (Phi) is 9.96. The number of hydrogen-bond acceptors (Lipinski definition) is 6. The van der Waals surface area contributed by atoms with Crippen LogP contribution in [0.4, 0.5) is 23.7 Å². The number of aliphatic imine (C=N–C) groups is 2. The van der Waals surface area contributed by atoms with Crippen molar-refractivity contribution < 1.29 is 22.8 Å². The molecule has 0 aromatic heterocycles. The molecule has 3 rings (SSSR count). The molecule has 1 aromatic rings. The van der Waals surface area contributed by atoms with Crippen molar-refractivity contribution in [3.8, 4) is 0 Å². The van der Waals surface area contributed by atoms with Gasteiger partial charge in [-0.25, -0.2) is 23.0 Å². The highest BCUT2D eigenvalue weighted by Gasteiger charge is 2.28. The number of halogens is 3.